The van der Waals surface area contributed by atoms with Crippen molar-refractivity contribution in [2.75, 3.05) is 13.7 Å². The van der Waals surface area contributed by atoms with Gasteiger partial charge in [0.05, 0.1) is 12.5 Å². The number of ether oxygens (including phenoxy) is 1. The number of nitrogens with zero attached hydrogens (tertiary/aromatic N) is 2. The van der Waals surface area contributed by atoms with Crippen molar-refractivity contribution in [3.63, 3.8) is 0 Å². The van der Waals surface area contributed by atoms with Crippen LogP contribution in [0.5, 0.6) is 0 Å². The van der Waals surface area contributed by atoms with Gasteiger partial charge in [0, 0.05) is 19.2 Å². The average molecular weight is 247 g/mol. The molecular weight excluding hydrogens is 230 g/mol. The maximum absolute atomic E-state index is 5.55. The lowest BCUT2D eigenvalue weighted by atomic mass is 10.1. The second-order valence-corrected chi connectivity index (χ2v) is 4.18. The second-order valence-electron chi connectivity index (χ2n) is 4.18. The molecule has 1 heterocycles. The maximum Gasteiger partial charge on any atom is 0.229 e. The van der Waals surface area contributed by atoms with Crippen molar-refractivity contribution < 1.29 is 9.26 Å². The molecule has 2 rings (SSSR count). The molecule has 0 fully saturated rings. The van der Waals surface area contributed by atoms with Crippen LogP contribution in [0, 0.1) is 6.92 Å². The SMILES string of the molecule is COC(CN)Cc1nc(-c2ccc(C)cc2)no1. The lowest BCUT2D eigenvalue weighted by Gasteiger charge is -2.08. The summed E-state index contributed by atoms with van der Waals surface area (Å²) in [5, 5.41) is 3.96. The highest BCUT2D eigenvalue weighted by molar-refractivity contribution is 5.54. The first-order chi connectivity index (χ1) is 8.72. The third kappa shape index (κ3) is 2.94. The molecule has 2 N–H and O–H groups in total. The summed E-state index contributed by atoms with van der Waals surface area (Å²) in [6, 6.07) is 7.98. The minimum atomic E-state index is -0.0867. The van der Waals surface area contributed by atoms with Crippen LogP contribution >= 0.6 is 0 Å². The number of hydrogen-bond donors (Lipinski definition) is 1. The van der Waals surface area contributed by atoms with Gasteiger partial charge in [0.1, 0.15) is 0 Å². The molecule has 5 heteroatoms. The molecule has 0 bridgehead atoms. The number of nitrogens with two attached hydrogens (primary N) is 1. The third-order valence-corrected chi connectivity index (χ3v) is 2.78. The van der Waals surface area contributed by atoms with Gasteiger partial charge < -0.3 is 15.0 Å². The fourth-order valence-electron chi connectivity index (χ4n) is 1.62. The summed E-state index contributed by atoms with van der Waals surface area (Å²) in [6.45, 7) is 2.47. The Morgan fingerprint density at radius 1 is 1.33 bits per heavy atom. The highest BCUT2D eigenvalue weighted by atomic mass is 16.5. The van der Waals surface area contributed by atoms with Gasteiger partial charge in [0.15, 0.2) is 0 Å². The zero-order valence-corrected chi connectivity index (χ0v) is 10.6. The Morgan fingerprint density at radius 3 is 2.67 bits per heavy atom. The van der Waals surface area contributed by atoms with Crippen molar-refractivity contribution in [3.8, 4) is 11.4 Å². The molecule has 18 heavy (non-hydrogen) atoms. The zero-order valence-electron chi connectivity index (χ0n) is 10.6. The number of hydrogen-bond acceptors (Lipinski definition) is 5. The molecule has 5 nitrogen and oxygen atoms in total. The summed E-state index contributed by atoms with van der Waals surface area (Å²) in [4.78, 5) is 4.33. The minimum absolute atomic E-state index is 0.0867. The van der Waals surface area contributed by atoms with E-state index in [-0.39, 0.29) is 6.10 Å². The van der Waals surface area contributed by atoms with Crippen LogP contribution in [0.15, 0.2) is 28.8 Å². The van der Waals surface area contributed by atoms with E-state index in [1.54, 1.807) is 7.11 Å². The molecule has 1 aromatic heterocycles. The lowest BCUT2D eigenvalue weighted by molar-refractivity contribution is 0.102. The fourth-order valence-corrected chi connectivity index (χ4v) is 1.62. The molecule has 0 aliphatic heterocycles. The van der Waals surface area contributed by atoms with Gasteiger partial charge >= 0.3 is 0 Å². The Kier molecular flexibility index (Phi) is 4.07. The summed E-state index contributed by atoms with van der Waals surface area (Å²) in [5.41, 5.74) is 7.69. The second kappa shape index (κ2) is 5.75. The van der Waals surface area contributed by atoms with E-state index in [0.717, 1.165) is 5.56 Å². The number of rotatable bonds is 5. The topological polar surface area (TPSA) is 74.2 Å². The first kappa shape index (κ1) is 12.7. The Bertz CT molecular complexity index is 489. The highest BCUT2D eigenvalue weighted by Gasteiger charge is 2.13. The molecule has 0 aliphatic carbocycles. The summed E-state index contributed by atoms with van der Waals surface area (Å²) in [5.74, 6) is 1.14. The van der Waals surface area contributed by atoms with Crippen LogP contribution in [0.4, 0.5) is 0 Å². The maximum atomic E-state index is 5.55. The summed E-state index contributed by atoms with van der Waals surface area (Å²) >= 11 is 0. The normalized spacial score (nSPS) is 12.6. The predicted octanol–water partition coefficient (Wildman–Crippen LogP) is 1.56. The predicted molar refractivity (Wildman–Crippen MR) is 68.0 cm³/mol. The number of methoxy groups -OCH3 is 1. The zero-order chi connectivity index (χ0) is 13.0. The molecule has 0 amide bonds. The minimum Gasteiger partial charge on any atom is -0.380 e. The van der Waals surface area contributed by atoms with Gasteiger partial charge in [-0.25, -0.2) is 0 Å². The summed E-state index contributed by atoms with van der Waals surface area (Å²) in [7, 11) is 1.62. The van der Waals surface area contributed by atoms with E-state index in [9.17, 15) is 0 Å². The van der Waals surface area contributed by atoms with Crippen molar-refractivity contribution in [2.24, 2.45) is 5.73 Å². The van der Waals surface area contributed by atoms with Crippen LogP contribution in [0.3, 0.4) is 0 Å². The fraction of sp³-hybridized carbons (Fsp3) is 0.385. The molecule has 1 unspecified atom stereocenters. The molecule has 0 spiro atoms. The van der Waals surface area contributed by atoms with Gasteiger partial charge in [-0.1, -0.05) is 35.0 Å². The van der Waals surface area contributed by atoms with Crippen LogP contribution < -0.4 is 5.73 Å². The Morgan fingerprint density at radius 2 is 2.06 bits per heavy atom. The molecule has 0 radical (unpaired) electrons. The van der Waals surface area contributed by atoms with E-state index in [1.165, 1.54) is 5.56 Å². The van der Waals surface area contributed by atoms with Crippen LogP contribution in [-0.2, 0) is 11.2 Å². The molecule has 0 saturated carbocycles. The first-order valence-corrected chi connectivity index (χ1v) is 5.85. The molecule has 2 aromatic rings. The monoisotopic (exact) mass is 247 g/mol. The van der Waals surface area contributed by atoms with E-state index in [0.29, 0.717) is 24.7 Å². The lowest BCUT2D eigenvalue weighted by Crippen LogP contribution is -2.24. The molecule has 0 saturated heterocycles. The van der Waals surface area contributed by atoms with Crippen LogP contribution in [0.2, 0.25) is 0 Å². The molecule has 1 atom stereocenters. The highest BCUT2D eigenvalue weighted by Crippen LogP contribution is 2.16. The van der Waals surface area contributed by atoms with E-state index < -0.39 is 0 Å². The van der Waals surface area contributed by atoms with E-state index >= 15 is 0 Å². The van der Waals surface area contributed by atoms with E-state index in [1.807, 2.05) is 31.2 Å². The number of aryl methyl sites for hydroxylation is 1. The largest absolute Gasteiger partial charge is 0.380 e. The average Bonchev–Trinajstić information content (AvgIpc) is 2.85. The molecule has 1 aromatic carbocycles. The van der Waals surface area contributed by atoms with Gasteiger partial charge in [-0.3, -0.25) is 0 Å². The quantitative estimate of drug-likeness (QED) is 0.867. The molecule has 0 aliphatic rings. The van der Waals surface area contributed by atoms with Crippen LogP contribution in [0.1, 0.15) is 11.5 Å². The van der Waals surface area contributed by atoms with Crippen molar-refractivity contribution >= 4 is 0 Å². The number of aromatic nitrogens is 2. The van der Waals surface area contributed by atoms with E-state index in [4.69, 9.17) is 15.0 Å². The van der Waals surface area contributed by atoms with Gasteiger partial charge in [-0.2, -0.15) is 4.98 Å². The Hall–Kier alpha value is -1.72. The van der Waals surface area contributed by atoms with Crippen molar-refractivity contribution in [1.82, 2.24) is 10.1 Å². The Balaban J connectivity index is 2.12. The van der Waals surface area contributed by atoms with Crippen molar-refractivity contribution in [3.05, 3.63) is 35.7 Å². The Labute approximate surface area is 106 Å². The van der Waals surface area contributed by atoms with Gasteiger partial charge in [0.2, 0.25) is 11.7 Å². The molecular formula is C13H17N3O2. The van der Waals surface area contributed by atoms with Crippen molar-refractivity contribution in [2.45, 2.75) is 19.4 Å². The first-order valence-electron chi connectivity index (χ1n) is 5.85. The smallest absolute Gasteiger partial charge is 0.229 e. The standard InChI is InChI=1S/C13H17N3O2/c1-9-3-5-10(6-4-9)13-15-12(18-16-13)7-11(8-14)17-2/h3-6,11H,7-8,14H2,1-2H3. The summed E-state index contributed by atoms with van der Waals surface area (Å²) < 4.78 is 10.4. The van der Waals surface area contributed by atoms with Gasteiger partial charge in [-0.15, -0.1) is 0 Å². The number of benzene rings is 1. The van der Waals surface area contributed by atoms with E-state index in [2.05, 4.69) is 10.1 Å². The van der Waals surface area contributed by atoms with Crippen molar-refractivity contribution in [1.29, 1.82) is 0 Å². The third-order valence-electron chi connectivity index (χ3n) is 2.78. The van der Waals surface area contributed by atoms with Gasteiger partial charge in [0.25, 0.3) is 0 Å². The van der Waals surface area contributed by atoms with Crippen LogP contribution in [-0.4, -0.2) is 29.9 Å². The summed E-state index contributed by atoms with van der Waals surface area (Å²) in [6.07, 6.45) is 0.447. The van der Waals surface area contributed by atoms with Crippen LogP contribution in [0.25, 0.3) is 11.4 Å². The molecule has 96 valence electrons. The van der Waals surface area contributed by atoms with Gasteiger partial charge in [-0.05, 0) is 6.92 Å².